The lowest BCUT2D eigenvalue weighted by Gasteiger charge is -2.08. The molecule has 1 N–H and O–H groups in total. The highest BCUT2D eigenvalue weighted by Crippen LogP contribution is 2.25. The van der Waals surface area contributed by atoms with Gasteiger partial charge in [0.15, 0.2) is 0 Å². The Morgan fingerprint density at radius 3 is 2.71 bits per heavy atom. The maximum Gasteiger partial charge on any atom is 0.335 e. The van der Waals surface area contributed by atoms with Crippen molar-refractivity contribution in [3.63, 3.8) is 0 Å². The molecule has 5 heteroatoms. The summed E-state index contributed by atoms with van der Waals surface area (Å²) in [5.41, 5.74) is 1.63. The van der Waals surface area contributed by atoms with Crippen LogP contribution in [-0.4, -0.2) is 22.8 Å². The minimum Gasteiger partial charge on any atom is -0.497 e. The third-order valence-electron chi connectivity index (χ3n) is 3.31. The van der Waals surface area contributed by atoms with Crippen molar-refractivity contribution >= 4 is 16.9 Å². The fraction of sp³-hybridized carbons (Fsp3) is 0.0625. The first kappa shape index (κ1) is 13.2. The van der Waals surface area contributed by atoms with E-state index in [1.165, 1.54) is 25.3 Å². The molecule has 21 heavy (non-hydrogen) atoms. The summed E-state index contributed by atoms with van der Waals surface area (Å²) in [6.45, 7) is 0. The van der Waals surface area contributed by atoms with Gasteiger partial charge in [0.25, 0.3) is 0 Å². The molecule has 0 spiro atoms. The minimum atomic E-state index is -0.975. The van der Waals surface area contributed by atoms with Gasteiger partial charge in [-0.15, -0.1) is 0 Å². The van der Waals surface area contributed by atoms with Crippen molar-refractivity contribution in [1.82, 2.24) is 4.57 Å². The molecule has 0 saturated carbocycles. The largest absolute Gasteiger partial charge is 0.497 e. The Hall–Kier alpha value is -2.82. The van der Waals surface area contributed by atoms with E-state index in [-0.39, 0.29) is 5.56 Å². The zero-order valence-corrected chi connectivity index (χ0v) is 11.2. The van der Waals surface area contributed by atoms with E-state index in [0.29, 0.717) is 11.4 Å². The van der Waals surface area contributed by atoms with Crippen LogP contribution in [0.4, 0.5) is 4.39 Å². The van der Waals surface area contributed by atoms with E-state index < -0.39 is 11.8 Å². The molecule has 3 rings (SSSR count). The molecule has 106 valence electrons. The van der Waals surface area contributed by atoms with Crippen molar-refractivity contribution < 1.29 is 19.0 Å². The van der Waals surface area contributed by atoms with Crippen LogP contribution >= 0.6 is 0 Å². The maximum atomic E-state index is 13.6. The first-order valence-corrected chi connectivity index (χ1v) is 6.28. The second-order valence-corrected chi connectivity index (χ2v) is 4.61. The van der Waals surface area contributed by atoms with Gasteiger partial charge in [-0.3, -0.25) is 0 Å². The predicted octanol–water partition coefficient (Wildman–Crippen LogP) is 3.48. The first-order valence-electron chi connectivity index (χ1n) is 6.28. The summed E-state index contributed by atoms with van der Waals surface area (Å²) >= 11 is 0. The Morgan fingerprint density at radius 1 is 1.19 bits per heavy atom. The van der Waals surface area contributed by atoms with Crippen molar-refractivity contribution in [2.75, 3.05) is 7.11 Å². The number of methoxy groups -OCH3 is 1. The Bertz CT molecular complexity index is 839. The van der Waals surface area contributed by atoms with Crippen molar-refractivity contribution in [1.29, 1.82) is 0 Å². The maximum absolute atomic E-state index is 13.6. The van der Waals surface area contributed by atoms with Crippen LogP contribution in [0.3, 0.4) is 0 Å². The van der Waals surface area contributed by atoms with Crippen molar-refractivity contribution in [2.24, 2.45) is 0 Å². The Balaban J connectivity index is 2.17. The minimum absolute atomic E-state index is 0.220. The number of fused-ring (bicyclic) bond motifs is 1. The molecule has 1 aromatic heterocycles. The zero-order valence-electron chi connectivity index (χ0n) is 11.2. The van der Waals surface area contributed by atoms with Gasteiger partial charge >= 0.3 is 5.97 Å². The summed E-state index contributed by atoms with van der Waals surface area (Å²) in [5, 5.41) is 9.78. The van der Waals surface area contributed by atoms with Crippen LogP contribution in [0, 0.1) is 5.82 Å². The molecular weight excluding hydrogens is 273 g/mol. The SMILES string of the molecule is COc1cc(F)cc(-n2ccc3cc(C(=O)O)ccc32)c1. The van der Waals surface area contributed by atoms with Crippen LogP contribution in [0.1, 0.15) is 10.4 Å². The number of nitrogens with zero attached hydrogens (tertiary/aromatic N) is 1. The van der Waals surface area contributed by atoms with E-state index in [1.807, 2.05) is 0 Å². The average Bonchev–Trinajstić information content (AvgIpc) is 2.89. The van der Waals surface area contributed by atoms with Gasteiger partial charge < -0.3 is 14.4 Å². The lowest BCUT2D eigenvalue weighted by atomic mass is 10.1. The monoisotopic (exact) mass is 285 g/mol. The van der Waals surface area contributed by atoms with Crippen LogP contribution in [0.25, 0.3) is 16.6 Å². The number of aromatic carboxylic acids is 1. The summed E-state index contributed by atoms with van der Waals surface area (Å²) in [7, 11) is 1.48. The third-order valence-corrected chi connectivity index (χ3v) is 3.31. The van der Waals surface area contributed by atoms with Gasteiger partial charge in [0.2, 0.25) is 0 Å². The molecule has 0 unspecified atom stereocenters. The van der Waals surface area contributed by atoms with Crippen LogP contribution in [0.5, 0.6) is 5.75 Å². The van der Waals surface area contributed by atoms with Gasteiger partial charge in [-0.25, -0.2) is 9.18 Å². The number of carboxylic acids is 1. The summed E-state index contributed by atoms with van der Waals surface area (Å²) in [5.74, 6) is -0.945. The Kier molecular flexibility index (Phi) is 3.10. The number of hydrogen-bond donors (Lipinski definition) is 1. The molecular formula is C16H12FNO3. The number of aromatic nitrogens is 1. The van der Waals surface area contributed by atoms with Gasteiger partial charge in [0.05, 0.1) is 23.9 Å². The quantitative estimate of drug-likeness (QED) is 0.801. The number of halogens is 1. The number of benzene rings is 2. The normalized spacial score (nSPS) is 10.8. The number of rotatable bonds is 3. The molecule has 0 atom stereocenters. The van der Waals surface area contributed by atoms with Crippen LogP contribution in [0.2, 0.25) is 0 Å². The van der Waals surface area contributed by atoms with Gasteiger partial charge in [0, 0.05) is 23.7 Å². The highest BCUT2D eigenvalue weighted by molar-refractivity contribution is 5.94. The number of carbonyl (C=O) groups is 1. The van der Waals surface area contributed by atoms with Crippen molar-refractivity contribution in [2.45, 2.75) is 0 Å². The second-order valence-electron chi connectivity index (χ2n) is 4.61. The molecule has 3 aromatic rings. The fourth-order valence-corrected chi connectivity index (χ4v) is 2.31. The molecule has 0 aliphatic rings. The molecule has 0 bridgehead atoms. The van der Waals surface area contributed by atoms with E-state index in [9.17, 15) is 9.18 Å². The van der Waals surface area contributed by atoms with Crippen LogP contribution in [0.15, 0.2) is 48.7 Å². The third kappa shape index (κ3) is 2.33. The molecule has 1 heterocycles. The first-order chi connectivity index (χ1) is 10.1. The van der Waals surface area contributed by atoms with Crippen LogP contribution in [-0.2, 0) is 0 Å². The smallest absolute Gasteiger partial charge is 0.335 e. The number of ether oxygens (including phenoxy) is 1. The molecule has 0 fully saturated rings. The van der Waals surface area contributed by atoms with Gasteiger partial charge in [-0.1, -0.05) is 0 Å². The molecule has 0 amide bonds. The standard InChI is InChI=1S/C16H12FNO3/c1-21-14-8-12(17)7-13(9-14)18-5-4-10-6-11(16(19)20)2-3-15(10)18/h2-9H,1H3,(H,19,20). The molecule has 2 aromatic carbocycles. The Morgan fingerprint density at radius 2 is 2.00 bits per heavy atom. The summed E-state index contributed by atoms with van der Waals surface area (Å²) in [4.78, 5) is 11.0. The van der Waals surface area contributed by atoms with Gasteiger partial charge in [0.1, 0.15) is 11.6 Å². The van der Waals surface area contributed by atoms with Crippen molar-refractivity contribution in [3.8, 4) is 11.4 Å². The van der Waals surface area contributed by atoms with E-state index >= 15 is 0 Å². The molecule has 0 aliphatic heterocycles. The molecule has 0 saturated heterocycles. The number of hydrogen-bond acceptors (Lipinski definition) is 2. The van der Waals surface area contributed by atoms with E-state index in [0.717, 1.165) is 10.9 Å². The van der Waals surface area contributed by atoms with Crippen LogP contribution < -0.4 is 4.74 Å². The van der Waals surface area contributed by atoms with E-state index in [1.54, 1.807) is 35.0 Å². The highest BCUT2D eigenvalue weighted by Gasteiger charge is 2.09. The summed E-state index contributed by atoms with van der Waals surface area (Å²) < 4.78 is 20.5. The fourth-order valence-electron chi connectivity index (χ4n) is 2.31. The summed E-state index contributed by atoms with van der Waals surface area (Å²) in [6, 6.07) is 11.0. The van der Waals surface area contributed by atoms with Crippen molar-refractivity contribution in [3.05, 3.63) is 60.0 Å². The molecule has 0 aliphatic carbocycles. The van der Waals surface area contributed by atoms with E-state index in [2.05, 4.69) is 0 Å². The number of carboxylic acid groups (broad SMARTS) is 1. The average molecular weight is 285 g/mol. The summed E-state index contributed by atoms with van der Waals surface area (Å²) in [6.07, 6.45) is 1.77. The van der Waals surface area contributed by atoms with Gasteiger partial charge in [-0.2, -0.15) is 0 Å². The molecule has 4 nitrogen and oxygen atoms in total. The molecule has 0 radical (unpaired) electrons. The predicted molar refractivity (Wildman–Crippen MR) is 76.7 cm³/mol. The van der Waals surface area contributed by atoms with Gasteiger partial charge in [-0.05, 0) is 30.3 Å². The lowest BCUT2D eigenvalue weighted by Crippen LogP contribution is -1.97. The Labute approximate surface area is 120 Å². The second kappa shape index (κ2) is 4.94. The topological polar surface area (TPSA) is 51.5 Å². The lowest BCUT2D eigenvalue weighted by molar-refractivity contribution is 0.0697. The van der Waals surface area contributed by atoms with E-state index in [4.69, 9.17) is 9.84 Å². The zero-order chi connectivity index (χ0) is 15.0. The highest BCUT2D eigenvalue weighted by atomic mass is 19.1.